The molecule has 33 heavy (non-hydrogen) atoms. The highest BCUT2D eigenvalue weighted by atomic mass is 16.2. The van der Waals surface area contributed by atoms with Crippen LogP contribution in [0.3, 0.4) is 0 Å². The average molecular weight is 439 g/mol. The topological polar surface area (TPSA) is 67.2 Å². The second-order valence-corrected chi connectivity index (χ2v) is 8.65. The molecule has 0 radical (unpaired) electrons. The molecule has 0 saturated heterocycles. The Labute approximate surface area is 192 Å². The van der Waals surface area contributed by atoms with Crippen LogP contribution in [0.25, 0.3) is 10.8 Å². The molecule has 1 N–H and O–H groups in total. The molecule has 2 heterocycles. The van der Waals surface area contributed by atoms with Crippen LogP contribution in [-0.4, -0.2) is 22.2 Å². The summed E-state index contributed by atoms with van der Waals surface area (Å²) >= 11 is 0. The van der Waals surface area contributed by atoms with Crippen molar-refractivity contribution < 1.29 is 4.79 Å². The lowest BCUT2D eigenvalue weighted by atomic mass is 10.1. The van der Waals surface area contributed by atoms with Crippen molar-refractivity contribution >= 4 is 28.1 Å². The Hall–Kier alpha value is -3.93. The minimum Gasteiger partial charge on any atom is -0.367 e. The second-order valence-electron chi connectivity index (χ2n) is 8.65. The summed E-state index contributed by atoms with van der Waals surface area (Å²) in [4.78, 5) is 28.6. The normalized spacial score (nSPS) is 12.9. The van der Waals surface area contributed by atoms with Crippen LogP contribution in [0.15, 0.2) is 77.6 Å². The number of amides is 1. The molecule has 0 saturated carbocycles. The van der Waals surface area contributed by atoms with Crippen molar-refractivity contribution in [3.8, 4) is 0 Å². The molecule has 0 unspecified atom stereocenters. The summed E-state index contributed by atoms with van der Waals surface area (Å²) in [5, 5.41) is 8.55. The van der Waals surface area contributed by atoms with Crippen LogP contribution >= 0.6 is 0 Å². The summed E-state index contributed by atoms with van der Waals surface area (Å²) in [6.07, 6.45) is 1.03. The zero-order valence-electron chi connectivity index (χ0n) is 18.8. The number of nitrogens with one attached hydrogen (secondary N) is 1. The fourth-order valence-electron chi connectivity index (χ4n) is 4.46. The molecule has 0 spiro atoms. The predicted molar refractivity (Wildman–Crippen MR) is 132 cm³/mol. The smallest absolute Gasteiger partial charge is 0.276 e. The van der Waals surface area contributed by atoms with E-state index in [1.807, 2.05) is 44.2 Å². The van der Waals surface area contributed by atoms with Gasteiger partial charge in [-0.25, -0.2) is 4.68 Å². The molecule has 6 nitrogen and oxygen atoms in total. The van der Waals surface area contributed by atoms with Gasteiger partial charge in [-0.05, 0) is 49.6 Å². The summed E-state index contributed by atoms with van der Waals surface area (Å²) in [6.45, 7) is 5.42. The second kappa shape index (κ2) is 8.54. The minimum absolute atomic E-state index is 0.156. The van der Waals surface area contributed by atoms with Gasteiger partial charge in [-0.15, -0.1) is 0 Å². The monoisotopic (exact) mass is 438 g/mol. The molecular formula is C27H26N4O2. The van der Waals surface area contributed by atoms with Gasteiger partial charge < -0.3 is 10.2 Å². The number of nitrogens with zero attached hydrogens (tertiary/aromatic N) is 3. The number of carbonyl (C=O) groups is 1. The largest absolute Gasteiger partial charge is 0.367 e. The van der Waals surface area contributed by atoms with Gasteiger partial charge in [-0.1, -0.05) is 54.6 Å². The van der Waals surface area contributed by atoms with Crippen LogP contribution in [-0.2, 0) is 13.0 Å². The Morgan fingerprint density at radius 1 is 0.970 bits per heavy atom. The number of carbonyl (C=O) groups excluding carboxylic acids is 1. The molecule has 0 aliphatic carbocycles. The molecule has 6 heteroatoms. The Morgan fingerprint density at radius 2 is 1.67 bits per heavy atom. The van der Waals surface area contributed by atoms with Gasteiger partial charge in [0.1, 0.15) is 0 Å². The number of benzene rings is 3. The van der Waals surface area contributed by atoms with Gasteiger partial charge in [0, 0.05) is 29.9 Å². The van der Waals surface area contributed by atoms with E-state index in [1.54, 1.807) is 18.2 Å². The molecular weight excluding hydrogens is 412 g/mol. The first-order valence-corrected chi connectivity index (χ1v) is 11.3. The number of hydrogen-bond donors (Lipinski definition) is 1. The zero-order chi connectivity index (χ0) is 22.9. The van der Waals surface area contributed by atoms with Gasteiger partial charge in [0.15, 0.2) is 5.69 Å². The first kappa shape index (κ1) is 20.9. The SMILES string of the molecule is CC(C)n1nc(C(=O)Nc2ccccc2CN2CCc3ccccc32)c2ccccc2c1=O. The maximum atomic E-state index is 13.4. The highest BCUT2D eigenvalue weighted by Gasteiger charge is 2.21. The van der Waals surface area contributed by atoms with Crippen molar-refractivity contribution in [1.82, 2.24) is 9.78 Å². The summed E-state index contributed by atoms with van der Waals surface area (Å²) in [6, 6.07) is 23.3. The van der Waals surface area contributed by atoms with E-state index < -0.39 is 0 Å². The first-order valence-electron chi connectivity index (χ1n) is 11.3. The van der Waals surface area contributed by atoms with Gasteiger partial charge in [-0.3, -0.25) is 9.59 Å². The lowest BCUT2D eigenvalue weighted by Gasteiger charge is -2.21. The van der Waals surface area contributed by atoms with Crippen LogP contribution in [0.1, 0.15) is 41.5 Å². The van der Waals surface area contributed by atoms with E-state index in [1.165, 1.54) is 15.9 Å². The molecule has 5 rings (SSSR count). The van der Waals surface area contributed by atoms with Gasteiger partial charge in [0.25, 0.3) is 11.5 Å². The van der Waals surface area contributed by atoms with Gasteiger partial charge in [-0.2, -0.15) is 5.10 Å². The van der Waals surface area contributed by atoms with Crippen molar-refractivity contribution in [2.75, 3.05) is 16.8 Å². The van der Waals surface area contributed by atoms with Crippen molar-refractivity contribution in [1.29, 1.82) is 0 Å². The predicted octanol–water partition coefficient (Wildman–Crippen LogP) is 4.79. The molecule has 0 atom stereocenters. The van der Waals surface area contributed by atoms with E-state index in [9.17, 15) is 9.59 Å². The molecule has 1 aliphatic heterocycles. The van der Waals surface area contributed by atoms with Crippen molar-refractivity contribution in [3.05, 3.63) is 100.0 Å². The van der Waals surface area contributed by atoms with Gasteiger partial charge in [0.05, 0.1) is 11.4 Å². The molecule has 1 aromatic heterocycles. The molecule has 166 valence electrons. The third-order valence-electron chi connectivity index (χ3n) is 6.14. The van der Waals surface area contributed by atoms with E-state index in [-0.39, 0.29) is 23.2 Å². The van der Waals surface area contributed by atoms with E-state index in [0.29, 0.717) is 17.3 Å². The lowest BCUT2D eigenvalue weighted by molar-refractivity contribution is 0.102. The van der Waals surface area contributed by atoms with Crippen LogP contribution in [0.5, 0.6) is 0 Å². The number of rotatable bonds is 5. The van der Waals surface area contributed by atoms with Crippen molar-refractivity contribution in [3.63, 3.8) is 0 Å². The Morgan fingerprint density at radius 3 is 2.48 bits per heavy atom. The molecule has 4 aromatic rings. The van der Waals surface area contributed by atoms with Gasteiger partial charge >= 0.3 is 0 Å². The Bertz CT molecular complexity index is 1410. The van der Waals surface area contributed by atoms with Crippen molar-refractivity contribution in [2.45, 2.75) is 32.9 Å². The molecule has 1 amide bonds. The number of aromatic nitrogens is 2. The highest BCUT2D eigenvalue weighted by Crippen LogP contribution is 2.30. The molecule has 3 aromatic carbocycles. The highest BCUT2D eigenvalue weighted by molar-refractivity contribution is 6.11. The third-order valence-corrected chi connectivity index (χ3v) is 6.14. The minimum atomic E-state index is -0.324. The number of hydrogen-bond acceptors (Lipinski definition) is 4. The summed E-state index contributed by atoms with van der Waals surface area (Å²) in [5.41, 5.74) is 4.44. The number of para-hydroxylation sites is 2. The van der Waals surface area contributed by atoms with E-state index in [0.717, 1.165) is 24.2 Å². The quantitative estimate of drug-likeness (QED) is 0.486. The van der Waals surface area contributed by atoms with Crippen LogP contribution in [0.2, 0.25) is 0 Å². The third kappa shape index (κ3) is 3.89. The fourth-order valence-corrected chi connectivity index (χ4v) is 4.46. The summed E-state index contributed by atoms with van der Waals surface area (Å²) < 4.78 is 1.38. The van der Waals surface area contributed by atoms with Gasteiger partial charge in [0.2, 0.25) is 0 Å². The average Bonchev–Trinajstić information content (AvgIpc) is 3.23. The zero-order valence-corrected chi connectivity index (χ0v) is 18.8. The van der Waals surface area contributed by atoms with Crippen molar-refractivity contribution in [2.24, 2.45) is 0 Å². The maximum absolute atomic E-state index is 13.4. The molecule has 0 fully saturated rings. The number of anilines is 2. The molecule has 1 aliphatic rings. The van der Waals surface area contributed by atoms with E-state index in [2.05, 4.69) is 39.6 Å². The van der Waals surface area contributed by atoms with Crippen LogP contribution in [0, 0.1) is 0 Å². The van der Waals surface area contributed by atoms with Crippen LogP contribution < -0.4 is 15.8 Å². The lowest BCUT2D eigenvalue weighted by Crippen LogP contribution is -2.29. The summed E-state index contributed by atoms with van der Waals surface area (Å²) in [7, 11) is 0. The Balaban J connectivity index is 1.48. The molecule has 0 bridgehead atoms. The number of fused-ring (bicyclic) bond motifs is 2. The standard InChI is InChI=1S/C27H26N4O2/c1-18(2)31-27(33)22-12-6-5-11-21(22)25(29-31)26(32)28-23-13-7-3-10-20(23)17-30-16-15-19-9-4-8-14-24(19)30/h3-14,18H,15-17H2,1-2H3,(H,28,32). The fraction of sp³-hybridized carbons (Fsp3) is 0.222. The first-order chi connectivity index (χ1) is 16.0. The summed E-state index contributed by atoms with van der Waals surface area (Å²) in [5.74, 6) is -0.324. The van der Waals surface area contributed by atoms with E-state index >= 15 is 0 Å². The maximum Gasteiger partial charge on any atom is 0.276 e. The Kier molecular flexibility index (Phi) is 5.42. The van der Waals surface area contributed by atoms with E-state index in [4.69, 9.17) is 0 Å². The van der Waals surface area contributed by atoms with Crippen LogP contribution in [0.4, 0.5) is 11.4 Å².